The third-order valence-electron chi connectivity index (χ3n) is 2.70. The van der Waals surface area contributed by atoms with Crippen molar-refractivity contribution in [3.63, 3.8) is 0 Å². The molecule has 0 aliphatic carbocycles. The Hall–Kier alpha value is -2.37. The minimum Gasteiger partial charge on any atom is -0.494 e. The monoisotopic (exact) mass is 283 g/mol. The van der Waals surface area contributed by atoms with Crippen LogP contribution in [0, 0.1) is 17.5 Å². The number of hydrogen-bond acceptors (Lipinski definition) is 3. The zero-order chi connectivity index (χ0) is 14.7. The first-order valence-electron chi connectivity index (χ1n) is 5.71. The van der Waals surface area contributed by atoms with Gasteiger partial charge in [-0.15, -0.1) is 0 Å². The van der Waals surface area contributed by atoms with E-state index in [0.29, 0.717) is 0 Å². The number of ether oxygens (including phenoxy) is 2. The Morgan fingerprint density at radius 3 is 2.50 bits per heavy atom. The maximum Gasteiger partial charge on any atom is 0.171 e. The van der Waals surface area contributed by atoms with E-state index in [0.717, 1.165) is 12.1 Å². The lowest BCUT2D eigenvalue weighted by Crippen LogP contribution is -2.03. The molecule has 6 heteroatoms. The molecule has 3 nitrogen and oxygen atoms in total. The Labute approximate surface area is 113 Å². The predicted molar refractivity (Wildman–Crippen MR) is 68.1 cm³/mol. The fourth-order valence-corrected chi connectivity index (χ4v) is 1.64. The van der Waals surface area contributed by atoms with Crippen molar-refractivity contribution < 1.29 is 22.6 Å². The van der Waals surface area contributed by atoms with E-state index in [4.69, 9.17) is 15.2 Å². The molecule has 20 heavy (non-hydrogen) atoms. The van der Waals surface area contributed by atoms with Gasteiger partial charge in [0.05, 0.1) is 12.8 Å². The first-order valence-corrected chi connectivity index (χ1v) is 5.71. The van der Waals surface area contributed by atoms with Gasteiger partial charge < -0.3 is 15.2 Å². The molecule has 0 aromatic heterocycles. The maximum atomic E-state index is 13.8. The molecule has 2 aromatic rings. The van der Waals surface area contributed by atoms with Crippen LogP contribution >= 0.6 is 0 Å². The molecular weight excluding hydrogens is 271 g/mol. The van der Waals surface area contributed by atoms with Gasteiger partial charge in [0.25, 0.3) is 0 Å². The second-order valence-electron chi connectivity index (χ2n) is 4.03. The molecular formula is C14H12F3NO2. The number of nitrogen functional groups attached to an aromatic ring is 1. The molecule has 0 unspecified atom stereocenters. The number of anilines is 1. The lowest BCUT2D eigenvalue weighted by atomic mass is 10.2. The number of methoxy groups -OCH3 is 1. The summed E-state index contributed by atoms with van der Waals surface area (Å²) in [6.07, 6.45) is 0. The van der Waals surface area contributed by atoms with Crippen molar-refractivity contribution in [2.75, 3.05) is 12.8 Å². The van der Waals surface area contributed by atoms with Gasteiger partial charge in [-0.1, -0.05) is 12.1 Å². The maximum absolute atomic E-state index is 13.8. The minimum absolute atomic E-state index is 0.0510. The highest BCUT2D eigenvalue weighted by atomic mass is 19.1. The van der Waals surface area contributed by atoms with Gasteiger partial charge >= 0.3 is 0 Å². The number of rotatable bonds is 4. The average Bonchev–Trinajstić information content (AvgIpc) is 2.43. The van der Waals surface area contributed by atoms with Crippen molar-refractivity contribution in [1.29, 1.82) is 0 Å². The van der Waals surface area contributed by atoms with Gasteiger partial charge in [0, 0.05) is 17.7 Å². The predicted octanol–water partition coefficient (Wildman–Crippen LogP) is 3.27. The number of nitrogens with two attached hydrogens (primary N) is 1. The molecule has 0 atom stereocenters. The van der Waals surface area contributed by atoms with E-state index in [2.05, 4.69) is 0 Å². The van der Waals surface area contributed by atoms with Gasteiger partial charge in [-0.3, -0.25) is 0 Å². The van der Waals surface area contributed by atoms with Gasteiger partial charge in [0.1, 0.15) is 12.4 Å². The highest BCUT2D eigenvalue weighted by Crippen LogP contribution is 2.25. The molecule has 0 fully saturated rings. The van der Waals surface area contributed by atoms with E-state index in [1.165, 1.54) is 19.2 Å². The van der Waals surface area contributed by atoms with Gasteiger partial charge in [-0.25, -0.2) is 13.2 Å². The lowest BCUT2D eigenvalue weighted by Gasteiger charge is -2.10. The summed E-state index contributed by atoms with van der Waals surface area (Å²) in [7, 11) is 1.33. The summed E-state index contributed by atoms with van der Waals surface area (Å²) in [6, 6.07) is 6.11. The van der Waals surface area contributed by atoms with Crippen LogP contribution in [-0.2, 0) is 6.61 Å². The van der Waals surface area contributed by atoms with Crippen LogP contribution in [0.4, 0.5) is 18.9 Å². The Morgan fingerprint density at radius 2 is 1.80 bits per heavy atom. The standard InChI is InChI=1S/C14H12F3NO2/c1-19-12-4-2-3-8(14(12)17)7-20-13-6-9(15)11(18)5-10(13)16/h2-6H,7,18H2,1H3. The second-order valence-corrected chi connectivity index (χ2v) is 4.03. The molecule has 0 bridgehead atoms. The van der Waals surface area contributed by atoms with E-state index in [-0.39, 0.29) is 29.4 Å². The van der Waals surface area contributed by atoms with E-state index in [1.54, 1.807) is 6.07 Å². The fraction of sp³-hybridized carbons (Fsp3) is 0.143. The molecule has 0 saturated carbocycles. The summed E-state index contributed by atoms with van der Waals surface area (Å²) < 4.78 is 50.4. The summed E-state index contributed by atoms with van der Waals surface area (Å²) in [5, 5.41) is 0. The van der Waals surface area contributed by atoms with Crippen molar-refractivity contribution in [2.45, 2.75) is 6.61 Å². The molecule has 2 rings (SSSR count). The SMILES string of the molecule is COc1cccc(COc2cc(F)c(N)cc2F)c1F. The minimum atomic E-state index is -0.813. The van der Waals surface area contributed by atoms with Crippen LogP contribution in [0.25, 0.3) is 0 Å². The van der Waals surface area contributed by atoms with Crippen molar-refractivity contribution in [1.82, 2.24) is 0 Å². The zero-order valence-corrected chi connectivity index (χ0v) is 10.6. The molecule has 0 radical (unpaired) electrons. The van der Waals surface area contributed by atoms with E-state index < -0.39 is 17.5 Å². The smallest absolute Gasteiger partial charge is 0.171 e. The van der Waals surface area contributed by atoms with Crippen LogP contribution in [0.3, 0.4) is 0 Å². The quantitative estimate of drug-likeness (QED) is 0.876. The van der Waals surface area contributed by atoms with Crippen LogP contribution < -0.4 is 15.2 Å². The van der Waals surface area contributed by atoms with Crippen molar-refractivity contribution in [2.24, 2.45) is 0 Å². The third-order valence-corrected chi connectivity index (χ3v) is 2.70. The number of halogens is 3. The van der Waals surface area contributed by atoms with Gasteiger partial charge in [-0.05, 0) is 6.07 Å². The average molecular weight is 283 g/mol. The molecule has 0 aliphatic rings. The topological polar surface area (TPSA) is 44.5 Å². The molecule has 0 aliphatic heterocycles. The molecule has 0 spiro atoms. The Morgan fingerprint density at radius 1 is 1.05 bits per heavy atom. The van der Waals surface area contributed by atoms with Crippen LogP contribution in [0.5, 0.6) is 11.5 Å². The summed E-state index contributed by atoms with van der Waals surface area (Å²) in [5.74, 6) is -2.50. The highest BCUT2D eigenvalue weighted by Gasteiger charge is 2.12. The van der Waals surface area contributed by atoms with Gasteiger partial charge in [-0.2, -0.15) is 0 Å². The summed E-state index contributed by atoms with van der Waals surface area (Å²) >= 11 is 0. The number of benzene rings is 2. The largest absolute Gasteiger partial charge is 0.494 e. The van der Waals surface area contributed by atoms with Gasteiger partial charge in [0.15, 0.2) is 23.1 Å². The summed E-state index contributed by atoms with van der Waals surface area (Å²) in [4.78, 5) is 0. The Balaban J connectivity index is 2.19. The molecule has 0 heterocycles. The van der Waals surface area contributed by atoms with Crippen molar-refractivity contribution in [3.8, 4) is 11.5 Å². The molecule has 106 valence electrons. The van der Waals surface area contributed by atoms with Crippen LogP contribution in [-0.4, -0.2) is 7.11 Å². The number of hydrogen-bond donors (Lipinski definition) is 1. The summed E-state index contributed by atoms with van der Waals surface area (Å²) in [6.45, 7) is -0.261. The van der Waals surface area contributed by atoms with E-state index in [1.807, 2.05) is 0 Å². The second kappa shape index (κ2) is 5.73. The zero-order valence-electron chi connectivity index (χ0n) is 10.6. The third kappa shape index (κ3) is 2.79. The van der Waals surface area contributed by atoms with Crippen LogP contribution in [0.2, 0.25) is 0 Å². The Kier molecular flexibility index (Phi) is 4.02. The normalized spacial score (nSPS) is 10.4. The van der Waals surface area contributed by atoms with E-state index in [9.17, 15) is 13.2 Å². The summed E-state index contributed by atoms with van der Waals surface area (Å²) in [5.41, 5.74) is 5.06. The van der Waals surface area contributed by atoms with Crippen molar-refractivity contribution >= 4 is 5.69 Å². The Bertz CT molecular complexity index is 632. The lowest BCUT2D eigenvalue weighted by molar-refractivity contribution is 0.280. The molecule has 2 N–H and O–H groups in total. The van der Waals surface area contributed by atoms with Gasteiger partial charge in [0.2, 0.25) is 0 Å². The molecule has 2 aromatic carbocycles. The van der Waals surface area contributed by atoms with E-state index >= 15 is 0 Å². The first kappa shape index (κ1) is 14.0. The van der Waals surface area contributed by atoms with Crippen LogP contribution in [0.15, 0.2) is 30.3 Å². The molecule has 0 saturated heterocycles. The van der Waals surface area contributed by atoms with Crippen molar-refractivity contribution in [3.05, 3.63) is 53.3 Å². The highest BCUT2D eigenvalue weighted by molar-refractivity contribution is 5.44. The fourth-order valence-electron chi connectivity index (χ4n) is 1.64. The first-order chi connectivity index (χ1) is 9.52. The van der Waals surface area contributed by atoms with Crippen LogP contribution in [0.1, 0.15) is 5.56 Å². The molecule has 0 amide bonds.